The summed E-state index contributed by atoms with van der Waals surface area (Å²) in [6, 6.07) is 11.2. The molecule has 1 N–H and O–H groups in total. The minimum Gasteiger partial charge on any atom is -0.480 e. The molecule has 5 nitrogen and oxygen atoms in total. The molecule has 2 heterocycles. The molecule has 0 atom stereocenters. The Hall–Kier alpha value is -2.12. The maximum absolute atomic E-state index is 11.2. The first kappa shape index (κ1) is 15.8. The van der Waals surface area contributed by atoms with Crippen molar-refractivity contribution in [3.63, 3.8) is 0 Å². The summed E-state index contributed by atoms with van der Waals surface area (Å²) in [5, 5.41) is 9.18. The normalized spacial score (nSPS) is 14.0. The zero-order valence-electron chi connectivity index (χ0n) is 11.9. The molecule has 0 fully saturated rings. The molecule has 0 unspecified atom stereocenters. The summed E-state index contributed by atoms with van der Waals surface area (Å²) in [4.78, 5) is 22.2. The van der Waals surface area contributed by atoms with Crippen molar-refractivity contribution < 1.29 is 9.90 Å². The summed E-state index contributed by atoms with van der Waals surface area (Å²) in [5.41, 5.74) is 2.96. The molecule has 0 radical (unpaired) electrons. The summed E-state index contributed by atoms with van der Waals surface area (Å²) in [7, 11) is 0. The number of pyridine rings is 1. The van der Waals surface area contributed by atoms with Gasteiger partial charge in [-0.1, -0.05) is 34.2 Å². The first-order valence-electron chi connectivity index (χ1n) is 6.84. The molecule has 1 aromatic heterocycles. The molecular weight excluding hydrogens is 378 g/mol. The summed E-state index contributed by atoms with van der Waals surface area (Å²) in [5.74, 6) is -0.942. The van der Waals surface area contributed by atoms with Crippen LogP contribution in [0.3, 0.4) is 0 Å². The standard InChI is InChI=1S/C16H12BrN3O2S/c17-10-4-5-13-11(7-10)16(12-3-1-2-6-18-12)19-8-14(23)20(13)9-15(21)22/h1-7H,8-9H2,(H,21,22). The van der Waals surface area contributed by atoms with Crippen LogP contribution in [0.25, 0.3) is 0 Å². The van der Waals surface area contributed by atoms with Crippen molar-refractivity contribution in [2.24, 2.45) is 4.99 Å². The van der Waals surface area contributed by atoms with Crippen molar-refractivity contribution in [3.05, 3.63) is 58.3 Å². The molecule has 1 aromatic carbocycles. The van der Waals surface area contributed by atoms with Crippen LogP contribution in [-0.2, 0) is 4.79 Å². The van der Waals surface area contributed by atoms with E-state index in [2.05, 4.69) is 25.9 Å². The number of benzodiazepines with no additional fused rings is 1. The van der Waals surface area contributed by atoms with Gasteiger partial charge in [-0.3, -0.25) is 14.8 Å². The van der Waals surface area contributed by atoms with Crippen LogP contribution in [-0.4, -0.2) is 39.8 Å². The molecule has 0 spiro atoms. The van der Waals surface area contributed by atoms with Crippen LogP contribution < -0.4 is 4.90 Å². The number of aliphatic imine (C=N–C) groups is 1. The summed E-state index contributed by atoms with van der Waals surface area (Å²) in [6.07, 6.45) is 1.70. The lowest BCUT2D eigenvalue weighted by molar-refractivity contribution is -0.135. The number of aromatic nitrogens is 1. The zero-order chi connectivity index (χ0) is 16.4. The second-order valence-corrected chi connectivity index (χ2v) is 6.30. The number of hydrogen-bond acceptors (Lipinski definition) is 4. The highest BCUT2D eigenvalue weighted by Crippen LogP contribution is 2.29. The van der Waals surface area contributed by atoms with Gasteiger partial charge in [0.1, 0.15) is 11.5 Å². The fourth-order valence-corrected chi connectivity index (χ4v) is 3.00. The Morgan fingerprint density at radius 3 is 2.87 bits per heavy atom. The van der Waals surface area contributed by atoms with E-state index in [1.807, 2.05) is 36.4 Å². The van der Waals surface area contributed by atoms with Gasteiger partial charge in [0.15, 0.2) is 0 Å². The van der Waals surface area contributed by atoms with Gasteiger partial charge in [-0.05, 0) is 30.3 Å². The Morgan fingerprint density at radius 2 is 2.17 bits per heavy atom. The smallest absolute Gasteiger partial charge is 0.323 e. The van der Waals surface area contributed by atoms with Crippen LogP contribution in [0.1, 0.15) is 11.3 Å². The number of rotatable bonds is 3. The Bertz CT molecular complexity index is 808. The zero-order valence-corrected chi connectivity index (χ0v) is 14.3. The third kappa shape index (κ3) is 3.30. The first-order valence-corrected chi connectivity index (χ1v) is 8.04. The summed E-state index contributed by atoms with van der Waals surface area (Å²) in [6.45, 7) is 0.0549. The number of halogens is 1. The lowest BCUT2D eigenvalue weighted by Crippen LogP contribution is -2.35. The SMILES string of the molecule is O=C(O)CN1C(=S)CN=C(c2ccccn2)c2cc(Br)ccc21. The van der Waals surface area contributed by atoms with Gasteiger partial charge in [0.05, 0.1) is 23.6 Å². The molecular formula is C16H12BrN3O2S. The van der Waals surface area contributed by atoms with E-state index in [1.165, 1.54) is 0 Å². The minimum atomic E-state index is -0.942. The lowest BCUT2D eigenvalue weighted by Gasteiger charge is -2.23. The summed E-state index contributed by atoms with van der Waals surface area (Å²) >= 11 is 8.83. The average molecular weight is 390 g/mol. The van der Waals surface area contributed by atoms with Crippen LogP contribution in [0.4, 0.5) is 5.69 Å². The molecule has 23 heavy (non-hydrogen) atoms. The van der Waals surface area contributed by atoms with Crippen LogP contribution in [0.15, 0.2) is 52.1 Å². The quantitative estimate of drug-likeness (QED) is 0.817. The molecule has 2 aromatic rings. The maximum Gasteiger partial charge on any atom is 0.323 e. The topological polar surface area (TPSA) is 65.8 Å². The van der Waals surface area contributed by atoms with E-state index in [-0.39, 0.29) is 13.1 Å². The van der Waals surface area contributed by atoms with Crippen LogP contribution in [0.2, 0.25) is 0 Å². The number of carbonyl (C=O) groups is 1. The van der Waals surface area contributed by atoms with Gasteiger partial charge in [-0.15, -0.1) is 0 Å². The van der Waals surface area contributed by atoms with Crippen LogP contribution >= 0.6 is 28.1 Å². The highest BCUT2D eigenvalue weighted by atomic mass is 79.9. The minimum absolute atomic E-state index is 0.196. The number of carboxylic acid groups (broad SMARTS) is 1. The van der Waals surface area contributed by atoms with E-state index in [4.69, 9.17) is 12.2 Å². The van der Waals surface area contributed by atoms with E-state index < -0.39 is 5.97 Å². The predicted molar refractivity (Wildman–Crippen MR) is 96.5 cm³/mol. The highest BCUT2D eigenvalue weighted by Gasteiger charge is 2.25. The number of fused-ring (bicyclic) bond motifs is 1. The Balaban J connectivity index is 2.18. The molecule has 1 aliphatic heterocycles. The number of anilines is 1. The lowest BCUT2D eigenvalue weighted by atomic mass is 10.0. The molecule has 3 rings (SSSR count). The Kier molecular flexibility index (Phi) is 4.49. The Morgan fingerprint density at radius 1 is 1.35 bits per heavy atom. The van der Waals surface area contributed by atoms with Crippen molar-refractivity contribution in [2.45, 2.75) is 0 Å². The van der Waals surface area contributed by atoms with Gasteiger partial charge in [-0.2, -0.15) is 0 Å². The molecule has 0 bridgehead atoms. The molecule has 0 amide bonds. The van der Waals surface area contributed by atoms with Crippen LogP contribution in [0, 0.1) is 0 Å². The van der Waals surface area contributed by atoms with Crippen molar-refractivity contribution in [2.75, 3.05) is 18.0 Å². The second-order valence-electron chi connectivity index (χ2n) is 4.91. The first-order chi connectivity index (χ1) is 11.1. The van der Waals surface area contributed by atoms with Gasteiger partial charge in [0, 0.05) is 16.2 Å². The third-order valence-electron chi connectivity index (χ3n) is 3.38. The number of aliphatic carboxylic acids is 1. The number of nitrogens with zero attached hydrogens (tertiary/aromatic N) is 3. The molecule has 0 saturated carbocycles. The van der Waals surface area contributed by atoms with Crippen molar-refractivity contribution in [1.29, 1.82) is 0 Å². The van der Waals surface area contributed by atoms with Gasteiger partial charge in [0.2, 0.25) is 0 Å². The monoisotopic (exact) mass is 389 g/mol. The molecule has 0 aliphatic carbocycles. The molecule has 7 heteroatoms. The highest BCUT2D eigenvalue weighted by molar-refractivity contribution is 9.10. The van der Waals surface area contributed by atoms with E-state index in [0.29, 0.717) is 10.7 Å². The van der Waals surface area contributed by atoms with E-state index >= 15 is 0 Å². The fraction of sp³-hybridized carbons (Fsp3) is 0.125. The van der Waals surface area contributed by atoms with Gasteiger partial charge >= 0.3 is 5.97 Å². The summed E-state index contributed by atoms with van der Waals surface area (Å²) < 4.78 is 0.878. The fourth-order valence-electron chi connectivity index (χ4n) is 2.42. The van der Waals surface area contributed by atoms with Gasteiger partial charge in [0.25, 0.3) is 0 Å². The van der Waals surface area contributed by atoms with Crippen LogP contribution in [0.5, 0.6) is 0 Å². The van der Waals surface area contributed by atoms with Gasteiger partial charge < -0.3 is 10.0 Å². The van der Waals surface area contributed by atoms with E-state index in [0.717, 1.165) is 21.4 Å². The molecule has 116 valence electrons. The van der Waals surface area contributed by atoms with Crippen molar-refractivity contribution >= 4 is 50.5 Å². The molecule has 0 saturated heterocycles. The van der Waals surface area contributed by atoms with E-state index in [1.54, 1.807) is 11.1 Å². The predicted octanol–water partition coefficient (Wildman–Crippen LogP) is 2.91. The number of hydrogen-bond donors (Lipinski definition) is 1. The largest absolute Gasteiger partial charge is 0.480 e. The number of benzene rings is 1. The van der Waals surface area contributed by atoms with Crippen molar-refractivity contribution in [1.82, 2.24) is 4.98 Å². The number of thiocarbonyl (C=S) groups is 1. The second kappa shape index (κ2) is 6.55. The third-order valence-corrected chi connectivity index (χ3v) is 4.22. The molecule has 1 aliphatic rings. The maximum atomic E-state index is 11.2. The van der Waals surface area contributed by atoms with Gasteiger partial charge in [-0.25, -0.2) is 0 Å². The Labute approximate surface area is 146 Å². The van der Waals surface area contributed by atoms with E-state index in [9.17, 15) is 9.90 Å². The average Bonchev–Trinajstić information content (AvgIpc) is 2.66. The van der Waals surface area contributed by atoms with Crippen molar-refractivity contribution in [3.8, 4) is 0 Å². The number of carboxylic acids is 1.